The van der Waals surface area contributed by atoms with Gasteiger partial charge in [0, 0.05) is 32.9 Å². The van der Waals surface area contributed by atoms with E-state index in [1.807, 2.05) is 25.3 Å². The standard InChI is InChI=1S/C22H31N5O3/c1-14-13-19(30-7)15(2)12-18(14)20-16(3)25-27-21(20)23-17(4)24-22(27)26(8-10-28-5)9-11-29-6/h12-13H,8-11H2,1-7H3. The molecule has 8 heteroatoms. The highest BCUT2D eigenvalue weighted by atomic mass is 16.5. The van der Waals surface area contributed by atoms with Gasteiger partial charge in [-0.3, -0.25) is 0 Å². The minimum Gasteiger partial charge on any atom is -0.496 e. The number of methoxy groups -OCH3 is 3. The van der Waals surface area contributed by atoms with E-state index in [-0.39, 0.29) is 0 Å². The van der Waals surface area contributed by atoms with Gasteiger partial charge in [0.25, 0.3) is 0 Å². The molecule has 0 unspecified atom stereocenters. The molecule has 30 heavy (non-hydrogen) atoms. The molecule has 2 heterocycles. The molecule has 0 fully saturated rings. The number of benzene rings is 1. The second-order valence-corrected chi connectivity index (χ2v) is 7.38. The third kappa shape index (κ3) is 4.24. The molecule has 0 bridgehead atoms. The van der Waals surface area contributed by atoms with Crippen LogP contribution in [0, 0.1) is 27.7 Å². The lowest BCUT2D eigenvalue weighted by Gasteiger charge is -2.23. The maximum atomic E-state index is 5.48. The number of anilines is 1. The normalized spacial score (nSPS) is 11.3. The van der Waals surface area contributed by atoms with Crippen LogP contribution in [0.25, 0.3) is 16.8 Å². The summed E-state index contributed by atoms with van der Waals surface area (Å²) in [5.41, 5.74) is 6.01. The molecule has 3 rings (SSSR count). The van der Waals surface area contributed by atoms with Gasteiger partial charge in [0.15, 0.2) is 5.65 Å². The minimum atomic E-state index is 0.581. The number of ether oxygens (including phenoxy) is 3. The summed E-state index contributed by atoms with van der Waals surface area (Å²) in [7, 11) is 5.08. The number of hydrogen-bond acceptors (Lipinski definition) is 7. The molecule has 0 saturated heterocycles. The Bertz CT molecular complexity index is 1020. The number of aromatic nitrogens is 4. The first-order valence-electron chi connectivity index (χ1n) is 10.0. The zero-order valence-electron chi connectivity index (χ0n) is 18.9. The number of hydrogen-bond donors (Lipinski definition) is 0. The van der Waals surface area contributed by atoms with E-state index in [1.54, 1.807) is 21.3 Å². The van der Waals surface area contributed by atoms with Crippen molar-refractivity contribution in [2.24, 2.45) is 0 Å². The van der Waals surface area contributed by atoms with Crippen LogP contribution in [0.1, 0.15) is 22.6 Å². The summed E-state index contributed by atoms with van der Waals surface area (Å²) in [5.74, 6) is 2.31. The average molecular weight is 414 g/mol. The van der Waals surface area contributed by atoms with Gasteiger partial charge in [0.05, 0.1) is 26.0 Å². The minimum absolute atomic E-state index is 0.581. The van der Waals surface area contributed by atoms with Gasteiger partial charge in [-0.1, -0.05) is 0 Å². The molecule has 0 amide bonds. The molecule has 8 nitrogen and oxygen atoms in total. The molecule has 2 aromatic heterocycles. The van der Waals surface area contributed by atoms with Crippen molar-refractivity contribution in [1.29, 1.82) is 0 Å². The SMILES string of the molecule is COCCN(CCOC)c1nc(C)nc2c(-c3cc(C)c(OC)cc3C)c(C)nn12. The highest BCUT2D eigenvalue weighted by Crippen LogP contribution is 2.35. The number of rotatable bonds is 9. The van der Waals surface area contributed by atoms with Crippen LogP contribution in [-0.2, 0) is 9.47 Å². The maximum absolute atomic E-state index is 5.48. The molecule has 3 aromatic rings. The van der Waals surface area contributed by atoms with Gasteiger partial charge in [-0.05, 0) is 56.5 Å². The molecule has 0 aliphatic carbocycles. The molecule has 0 aliphatic heterocycles. The van der Waals surface area contributed by atoms with E-state index in [1.165, 1.54) is 0 Å². The summed E-state index contributed by atoms with van der Waals surface area (Å²) in [5, 5.41) is 4.82. The Hall–Kier alpha value is -2.71. The first kappa shape index (κ1) is 22.0. The lowest BCUT2D eigenvalue weighted by molar-refractivity contribution is 0.189. The average Bonchev–Trinajstić information content (AvgIpc) is 3.04. The zero-order chi connectivity index (χ0) is 21.8. The largest absolute Gasteiger partial charge is 0.496 e. The molecule has 0 atom stereocenters. The van der Waals surface area contributed by atoms with Crippen molar-refractivity contribution >= 4 is 11.6 Å². The van der Waals surface area contributed by atoms with Crippen molar-refractivity contribution in [2.75, 3.05) is 52.5 Å². The lowest BCUT2D eigenvalue weighted by atomic mass is 9.98. The highest BCUT2D eigenvalue weighted by molar-refractivity contribution is 5.83. The van der Waals surface area contributed by atoms with Gasteiger partial charge in [-0.25, -0.2) is 4.98 Å². The molecule has 162 valence electrons. The van der Waals surface area contributed by atoms with Crippen LogP contribution < -0.4 is 9.64 Å². The summed E-state index contributed by atoms with van der Waals surface area (Å²) < 4.78 is 17.9. The van der Waals surface area contributed by atoms with E-state index in [2.05, 4.69) is 24.0 Å². The van der Waals surface area contributed by atoms with Crippen molar-refractivity contribution in [3.05, 3.63) is 34.8 Å². The molecule has 0 aliphatic rings. The van der Waals surface area contributed by atoms with Crippen LogP contribution >= 0.6 is 0 Å². The van der Waals surface area contributed by atoms with Gasteiger partial charge in [0.2, 0.25) is 5.95 Å². The summed E-state index contributed by atoms with van der Waals surface area (Å²) in [6.45, 7) is 10.6. The Balaban J connectivity index is 2.20. The smallest absolute Gasteiger partial charge is 0.230 e. The Kier molecular flexibility index (Phi) is 6.89. The summed E-state index contributed by atoms with van der Waals surface area (Å²) in [6, 6.07) is 4.20. The molecular weight excluding hydrogens is 382 g/mol. The first-order valence-corrected chi connectivity index (χ1v) is 10.0. The van der Waals surface area contributed by atoms with Crippen molar-refractivity contribution < 1.29 is 14.2 Å². The Morgan fingerprint density at radius 1 is 0.900 bits per heavy atom. The van der Waals surface area contributed by atoms with Crippen molar-refractivity contribution in [3.8, 4) is 16.9 Å². The predicted molar refractivity (Wildman–Crippen MR) is 118 cm³/mol. The van der Waals surface area contributed by atoms with Crippen LogP contribution in [-0.4, -0.2) is 67.2 Å². The topological polar surface area (TPSA) is 74.0 Å². The summed E-state index contributed by atoms with van der Waals surface area (Å²) >= 11 is 0. The van der Waals surface area contributed by atoms with Crippen molar-refractivity contribution in [1.82, 2.24) is 19.6 Å². The predicted octanol–water partition coefficient (Wildman–Crippen LogP) is 3.13. The molecule has 0 saturated carbocycles. The van der Waals surface area contributed by atoms with Gasteiger partial charge in [-0.2, -0.15) is 14.6 Å². The van der Waals surface area contributed by atoms with Gasteiger partial charge < -0.3 is 19.1 Å². The van der Waals surface area contributed by atoms with E-state index in [4.69, 9.17) is 29.3 Å². The zero-order valence-corrected chi connectivity index (χ0v) is 18.9. The van der Waals surface area contributed by atoms with E-state index < -0.39 is 0 Å². The highest BCUT2D eigenvalue weighted by Gasteiger charge is 2.22. The maximum Gasteiger partial charge on any atom is 0.230 e. The van der Waals surface area contributed by atoms with E-state index in [9.17, 15) is 0 Å². The van der Waals surface area contributed by atoms with E-state index in [0.29, 0.717) is 32.1 Å². The van der Waals surface area contributed by atoms with Gasteiger partial charge in [0.1, 0.15) is 11.6 Å². The van der Waals surface area contributed by atoms with Gasteiger partial charge >= 0.3 is 0 Å². The number of aryl methyl sites for hydroxylation is 4. The number of nitrogens with zero attached hydrogens (tertiary/aromatic N) is 5. The molecule has 0 radical (unpaired) electrons. The second-order valence-electron chi connectivity index (χ2n) is 7.38. The molecule has 0 N–H and O–H groups in total. The Morgan fingerprint density at radius 3 is 2.17 bits per heavy atom. The Morgan fingerprint density at radius 2 is 1.57 bits per heavy atom. The number of fused-ring (bicyclic) bond motifs is 1. The van der Waals surface area contributed by atoms with Gasteiger partial charge in [-0.15, -0.1) is 0 Å². The molecular formula is C22H31N5O3. The molecule has 0 spiro atoms. The van der Waals surface area contributed by atoms with Crippen molar-refractivity contribution in [2.45, 2.75) is 27.7 Å². The lowest BCUT2D eigenvalue weighted by Crippen LogP contribution is -2.33. The monoisotopic (exact) mass is 413 g/mol. The molecule has 1 aromatic carbocycles. The van der Waals surface area contributed by atoms with Crippen LogP contribution in [0.3, 0.4) is 0 Å². The fourth-order valence-corrected chi connectivity index (χ4v) is 3.64. The third-order valence-electron chi connectivity index (χ3n) is 5.18. The van der Waals surface area contributed by atoms with Crippen molar-refractivity contribution in [3.63, 3.8) is 0 Å². The third-order valence-corrected chi connectivity index (χ3v) is 5.18. The summed E-state index contributed by atoms with van der Waals surface area (Å²) in [6.07, 6.45) is 0. The Labute approximate surface area is 177 Å². The first-order chi connectivity index (χ1) is 14.4. The summed E-state index contributed by atoms with van der Waals surface area (Å²) in [4.78, 5) is 11.6. The van der Waals surface area contributed by atoms with E-state index >= 15 is 0 Å². The quantitative estimate of drug-likeness (QED) is 0.533. The fraction of sp³-hybridized carbons (Fsp3) is 0.500. The van der Waals surface area contributed by atoms with Crippen LogP contribution in [0.4, 0.5) is 5.95 Å². The van der Waals surface area contributed by atoms with Crippen LogP contribution in [0.2, 0.25) is 0 Å². The van der Waals surface area contributed by atoms with Crippen LogP contribution in [0.15, 0.2) is 12.1 Å². The van der Waals surface area contributed by atoms with E-state index in [0.717, 1.165) is 45.3 Å². The fourth-order valence-electron chi connectivity index (χ4n) is 3.64. The van der Waals surface area contributed by atoms with Crippen LogP contribution in [0.5, 0.6) is 5.75 Å². The second kappa shape index (κ2) is 9.40.